The number of aromatic nitrogens is 3. The van der Waals surface area contributed by atoms with Gasteiger partial charge >= 0.3 is 0 Å². The van der Waals surface area contributed by atoms with E-state index in [2.05, 4.69) is 55.3 Å². The van der Waals surface area contributed by atoms with Gasteiger partial charge in [-0.25, -0.2) is 4.98 Å². The molecule has 20 heavy (non-hydrogen) atoms. The highest BCUT2D eigenvalue weighted by molar-refractivity contribution is 14.1. The maximum Gasteiger partial charge on any atom is 0.212 e. The van der Waals surface area contributed by atoms with Gasteiger partial charge in [0.2, 0.25) is 5.88 Å². The lowest BCUT2D eigenvalue weighted by Crippen LogP contribution is -2.00. The van der Waals surface area contributed by atoms with Crippen LogP contribution in [0, 0.1) is 8.34 Å². The molecule has 0 unspecified atom stereocenters. The van der Waals surface area contributed by atoms with E-state index in [0.717, 1.165) is 21.4 Å². The minimum absolute atomic E-state index is 0.617. The predicted molar refractivity (Wildman–Crippen MR) is 89.7 cm³/mol. The first-order valence-electron chi connectivity index (χ1n) is 6.04. The largest absolute Gasteiger partial charge is 0.481 e. The van der Waals surface area contributed by atoms with Crippen LogP contribution in [-0.4, -0.2) is 21.6 Å². The third kappa shape index (κ3) is 2.57. The molecule has 1 aromatic carbocycles. The summed E-state index contributed by atoms with van der Waals surface area (Å²) in [7, 11) is 1.61. The van der Waals surface area contributed by atoms with Crippen LogP contribution in [0.4, 0.5) is 0 Å². The minimum atomic E-state index is 0.617. The van der Waals surface area contributed by atoms with E-state index in [-0.39, 0.29) is 0 Å². The molecule has 0 spiro atoms. The zero-order chi connectivity index (χ0) is 14.1. The fourth-order valence-electron chi connectivity index (χ4n) is 2.10. The third-order valence-corrected chi connectivity index (χ3v) is 4.08. The van der Waals surface area contributed by atoms with Crippen molar-refractivity contribution in [3.8, 4) is 5.88 Å². The second-order valence-electron chi connectivity index (χ2n) is 4.39. The molecule has 0 aliphatic heterocycles. The number of H-pyrrole nitrogens is 1. The Hall–Kier alpha value is -1.41. The van der Waals surface area contributed by atoms with Crippen molar-refractivity contribution in [2.24, 2.45) is 0 Å². The number of hydrogen-bond donors (Lipinski definition) is 1. The summed E-state index contributed by atoms with van der Waals surface area (Å²) in [5, 5.41) is 0. The summed E-state index contributed by atoms with van der Waals surface area (Å²) >= 11 is 7.70. The Morgan fingerprint density at radius 1 is 1.35 bits per heavy atom. The molecule has 2 aromatic heterocycles. The van der Waals surface area contributed by atoms with Gasteiger partial charge in [0.1, 0.15) is 0 Å². The number of nitrogens with zero attached hydrogens (tertiary/aromatic N) is 2. The number of methoxy groups -OCH3 is 1. The van der Waals surface area contributed by atoms with E-state index in [1.165, 1.54) is 3.57 Å². The third-order valence-electron chi connectivity index (χ3n) is 3.08. The molecule has 0 radical (unpaired) electrons. The number of ether oxygens (including phenoxy) is 1. The Labute approximate surface area is 134 Å². The summed E-state index contributed by atoms with van der Waals surface area (Å²) in [5.74, 6) is 0.617. The van der Waals surface area contributed by atoms with Gasteiger partial charge in [0.25, 0.3) is 0 Å². The molecule has 0 fully saturated rings. The first-order chi connectivity index (χ1) is 9.67. The van der Waals surface area contributed by atoms with Crippen LogP contribution < -0.4 is 4.74 Å². The summed E-state index contributed by atoms with van der Waals surface area (Å²) in [4.78, 5) is 7.46. The van der Waals surface area contributed by atoms with Crippen molar-refractivity contribution in [1.82, 2.24) is 14.5 Å². The molecule has 0 atom stereocenters. The lowest BCUT2D eigenvalue weighted by atomic mass is 10.2. The number of fused-ring (bicyclic) bond motifs is 1. The number of aromatic amines is 1. The number of halogens is 1. The topological polar surface area (TPSA) is 42.8 Å². The van der Waals surface area contributed by atoms with Gasteiger partial charge in [-0.1, -0.05) is 6.07 Å². The van der Waals surface area contributed by atoms with Crippen LogP contribution in [0.3, 0.4) is 0 Å². The lowest BCUT2D eigenvalue weighted by Gasteiger charge is -2.05. The van der Waals surface area contributed by atoms with Crippen LogP contribution in [0.1, 0.15) is 5.56 Å². The van der Waals surface area contributed by atoms with Crippen LogP contribution in [0.25, 0.3) is 11.0 Å². The molecule has 0 amide bonds. The number of nitrogens with one attached hydrogen (secondary N) is 1. The van der Waals surface area contributed by atoms with Gasteiger partial charge in [-0.05, 0) is 58.6 Å². The standard InChI is InChI=1S/C14H12IN3OS/c1-19-13-5-2-9(7-16-13)8-18-12-4-3-10(15)6-11(12)17-14(18)20/h2-7H,8H2,1H3,(H,17,20). The molecular formula is C14H12IN3OS. The van der Waals surface area contributed by atoms with Crippen molar-refractivity contribution < 1.29 is 4.74 Å². The molecule has 3 rings (SSSR count). The van der Waals surface area contributed by atoms with E-state index in [4.69, 9.17) is 17.0 Å². The smallest absolute Gasteiger partial charge is 0.212 e. The van der Waals surface area contributed by atoms with Gasteiger partial charge in [0.15, 0.2) is 4.77 Å². The van der Waals surface area contributed by atoms with Crippen molar-refractivity contribution in [2.45, 2.75) is 6.54 Å². The highest BCUT2D eigenvalue weighted by atomic mass is 127. The van der Waals surface area contributed by atoms with E-state index in [0.29, 0.717) is 12.4 Å². The molecular weight excluding hydrogens is 385 g/mol. The molecule has 6 heteroatoms. The Kier molecular flexibility index (Phi) is 3.75. The zero-order valence-electron chi connectivity index (χ0n) is 10.8. The van der Waals surface area contributed by atoms with E-state index >= 15 is 0 Å². The molecule has 0 aliphatic carbocycles. The quantitative estimate of drug-likeness (QED) is 0.541. The average Bonchev–Trinajstić information content (AvgIpc) is 2.75. The summed E-state index contributed by atoms with van der Waals surface area (Å²) in [5.41, 5.74) is 3.25. The van der Waals surface area contributed by atoms with Crippen molar-refractivity contribution in [3.63, 3.8) is 0 Å². The molecule has 0 saturated carbocycles. The maximum atomic E-state index is 5.40. The number of benzene rings is 1. The van der Waals surface area contributed by atoms with Crippen molar-refractivity contribution >= 4 is 45.8 Å². The second kappa shape index (κ2) is 5.53. The van der Waals surface area contributed by atoms with Crippen LogP contribution in [0.5, 0.6) is 5.88 Å². The normalized spacial score (nSPS) is 10.9. The Morgan fingerprint density at radius 3 is 2.90 bits per heavy atom. The molecule has 0 saturated heterocycles. The Morgan fingerprint density at radius 2 is 2.20 bits per heavy atom. The predicted octanol–water partition coefficient (Wildman–Crippen LogP) is 3.76. The van der Waals surface area contributed by atoms with Gasteiger partial charge in [0, 0.05) is 15.8 Å². The number of pyridine rings is 1. The van der Waals surface area contributed by atoms with Gasteiger partial charge in [-0.15, -0.1) is 0 Å². The first-order valence-corrected chi connectivity index (χ1v) is 7.53. The molecule has 1 N–H and O–H groups in total. The second-order valence-corrected chi connectivity index (χ2v) is 6.02. The Bertz CT molecular complexity index is 807. The summed E-state index contributed by atoms with van der Waals surface area (Å²) in [6.07, 6.45) is 1.81. The van der Waals surface area contributed by atoms with Crippen LogP contribution >= 0.6 is 34.8 Å². The van der Waals surface area contributed by atoms with E-state index in [9.17, 15) is 0 Å². The molecule has 3 aromatic rings. The SMILES string of the molecule is COc1ccc(Cn2c(=S)[nH]c3cc(I)ccc32)cn1. The lowest BCUT2D eigenvalue weighted by molar-refractivity contribution is 0.397. The zero-order valence-corrected chi connectivity index (χ0v) is 13.7. The maximum absolute atomic E-state index is 5.40. The monoisotopic (exact) mass is 397 g/mol. The number of imidazole rings is 1. The highest BCUT2D eigenvalue weighted by Crippen LogP contribution is 2.19. The Balaban J connectivity index is 2.01. The fraction of sp³-hybridized carbons (Fsp3) is 0.143. The van der Waals surface area contributed by atoms with Gasteiger partial charge in [-0.2, -0.15) is 0 Å². The van der Waals surface area contributed by atoms with Crippen LogP contribution in [-0.2, 0) is 6.54 Å². The van der Waals surface area contributed by atoms with Crippen LogP contribution in [0.2, 0.25) is 0 Å². The molecule has 102 valence electrons. The van der Waals surface area contributed by atoms with Crippen molar-refractivity contribution in [3.05, 3.63) is 50.4 Å². The molecule has 0 aliphatic rings. The van der Waals surface area contributed by atoms with Crippen molar-refractivity contribution in [1.29, 1.82) is 0 Å². The van der Waals surface area contributed by atoms with E-state index < -0.39 is 0 Å². The van der Waals surface area contributed by atoms with Crippen LogP contribution in [0.15, 0.2) is 36.5 Å². The molecule has 0 bridgehead atoms. The summed E-state index contributed by atoms with van der Waals surface area (Å²) in [6, 6.07) is 10.1. The fourth-order valence-corrected chi connectivity index (χ4v) is 2.86. The highest BCUT2D eigenvalue weighted by Gasteiger charge is 2.06. The van der Waals surface area contributed by atoms with E-state index in [1.54, 1.807) is 7.11 Å². The van der Waals surface area contributed by atoms with Gasteiger partial charge in [-0.3, -0.25) is 0 Å². The van der Waals surface area contributed by atoms with Gasteiger partial charge < -0.3 is 14.3 Å². The van der Waals surface area contributed by atoms with Crippen molar-refractivity contribution in [2.75, 3.05) is 7.11 Å². The van der Waals surface area contributed by atoms with E-state index in [1.807, 2.05) is 18.3 Å². The summed E-state index contributed by atoms with van der Waals surface area (Å²) < 4.78 is 9.04. The number of rotatable bonds is 3. The van der Waals surface area contributed by atoms with Gasteiger partial charge in [0.05, 0.1) is 24.7 Å². The average molecular weight is 397 g/mol. The molecule has 2 heterocycles. The number of hydrogen-bond acceptors (Lipinski definition) is 3. The molecule has 4 nitrogen and oxygen atoms in total. The summed E-state index contributed by atoms with van der Waals surface area (Å²) in [6.45, 7) is 0.691. The first kappa shape index (κ1) is 13.6. The minimum Gasteiger partial charge on any atom is -0.481 e.